The lowest BCUT2D eigenvalue weighted by Gasteiger charge is -2.38. The fourth-order valence-electron chi connectivity index (χ4n) is 3.12. The normalized spacial score (nSPS) is 22.4. The van der Waals surface area contributed by atoms with Gasteiger partial charge in [0.25, 0.3) is 0 Å². The second-order valence-corrected chi connectivity index (χ2v) is 6.18. The van der Waals surface area contributed by atoms with E-state index in [2.05, 4.69) is 41.2 Å². The lowest BCUT2D eigenvalue weighted by molar-refractivity contribution is 0.0903. The number of aromatic nitrogens is 4. The minimum atomic E-state index is 0.296. The number of hydrogen-bond donors (Lipinski definition) is 0. The number of nitrogens with zero attached hydrogens (tertiary/aromatic N) is 5. The van der Waals surface area contributed by atoms with E-state index in [-0.39, 0.29) is 0 Å². The fourth-order valence-corrected chi connectivity index (χ4v) is 3.12. The molecular weight excluding hydrogens is 254 g/mol. The number of rotatable bonds is 6. The standard InChI is InChI=1S/C14H27N5O/c1-11(2)13(18-7-5-6-12(3)10-18)14-15-16-17-19(14)8-9-20-4/h11-13H,5-10H2,1-4H3/t12-,13-/m1/s1. The number of hydrogen-bond acceptors (Lipinski definition) is 5. The van der Waals surface area contributed by atoms with Crippen molar-refractivity contribution in [1.29, 1.82) is 0 Å². The molecule has 114 valence electrons. The molecule has 0 amide bonds. The van der Waals surface area contributed by atoms with Crippen LogP contribution in [0.5, 0.6) is 0 Å². The van der Waals surface area contributed by atoms with Gasteiger partial charge in [-0.05, 0) is 41.6 Å². The van der Waals surface area contributed by atoms with Gasteiger partial charge in [-0.3, -0.25) is 4.90 Å². The van der Waals surface area contributed by atoms with Crippen molar-refractivity contribution in [3.05, 3.63) is 5.82 Å². The van der Waals surface area contributed by atoms with Crippen molar-refractivity contribution in [2.24, 2.45) is 11.8 Å². The SMILES string of the molecule is COCCn1nnnc1[C@@H](C(C)C)N1CCC[C@@H](C)C1. The van der Waals surface area contributed by atoms with Gasteiger partial charge in [0.1, 0.15) is 0 Å². The van der Waals surface area contributed by atoms with Crippen LogP contribution in [0, 0.1) is 11.8 Å². The summed E-state index contributed by atoms with van der Waals surface area (Å²) < 4.78 is 7.04. The molecule has 0 bridgehead atoms. The molecule has 1 aliphatic rings. The monoisotopic (exact) mass is 281 g/mol. The second kappa shape index (κ2) is 7.13. The zero-order valence-corrected chi connectivity index (χ0v) is 13.1. The van der Waals surface area contributed by atoms with Gasteiger partial charge in [-0.25, -0.2) is 4.68 Å². The van der Waals surface area contributed by atoms with Gasteiger partial charge in [-0.2, -0.15) is 0 Å². The summed E-state index contributed by atoms with van der Waals surface area (Å²) in [5, 5.41) is 12.3. The van der Waals surface area contributed by atoms with Gasteiger partial charge in [-0.1, -0.05) is 20.8 Å². The summed E-state index contributed by atoms with van der Waals surface area (Å²) >= 11 is 0. The molecule has 6 heteroatoms. The summed E-state index contributed by atoms with van der Waals surface area (Å²) in [5.74, 6) is 2.23. The van der Waals surface area contributed by atoms with Crippen LogP contribution < -0.4 is 0 Å². The molecule has 0 aromatic carbocycles. The third kappa shape index (κ3) is 3.55. The van der Waals surface area contributed by atoms with Gasteiger partial charge in [0.2, 0.25) is 0 Å². The number of tetrazole rings is 1. The Bertz CT molecular complexity index is 406. The third-order valence-electron chi connectivity index (χ3n) is 4.04. The molecular formula is C14H27N5O. The first-order valence-electron chi connectivity index (χ1n) is 7.62. The summed E-state index contributed by atoms with van der Waals surface area (Å²) in [7, 11) is 1.70. The van der Waals surface area contributed by atoms with Gasteiger partial charge >= 0.3 is 0 Å². The van der Waals surface area contributed by atoms with Crippen LogP contribution in [0.15, 0.2) is 0 Å². The highest BCUT2D eigenvalue weighted by Crippen LogP contribution is 2.30. The summed E-state index contributed by atoms with van der Waals surface area (Å²) in [6.07, 6.45) is 2.60. The predicted molar refractivity (Wildman–Crippen MR) is 77.2 cm³/mol. The highest BCUT2D eigenvalue weighted by molar-refractivity contribution is 4.96. The smallest absolute Gasteiger partial charge is 0.168 e. The van der Waals surface area contributed by atoms with Crippen LogP contribution in [0.3, 0.4) is 0 Å². The molecule has 2 rings (SSSR count). The van der Waals surface area contributed by atoms with E-state index < -0.39 is 0 Å². The number of ether oxygens (including phenoxy) is 1. The van der Waals surface area contributed by atoms with Crippen LogP contribution in [0.2, 0.25) is 0 Å². The van der Waals surface area contributed by atoms with E-state index in [0.29, 0.717) is 25.1 Å². The molecule has 0 saturated carbocycles. The summed E-state index contributed by atoms with van der Waals surface area (Å²) in [6, 6.07) is 0.296. The first-order valence-corrected chi connectivity index (χ1v) is 7.62. The van der Waals surface area contributed by atoms with E-state index >= 15 is 0 Å². The first-order chi connectivity index (χ1) is 9.63. The molecule has 6 nitrogen and oxygen atoms in total. The van der Waals surface area contributed by atoms with Gasteiger partial charge < -0.3 is 4.74 Å². The van der Waals surface area contributed by atoms with Crippen LogP contribution in [-0.4, -0.2) is 51.9 Å². The van der Waals surface area contributed by atoms with Crippen LogP contribution in [-0.2, 0) is 11.3 Å². The summed E-state index contributed by atoms with van der Waals surface area (Å²) in [4.78, 5) is 2.55. The average molecular weight is 281 g/mol. The van der Waals surface area contributed by atoms with Crippen molar-refractivity contribution in [2.75, 3.05) is 26.8 Å². The Balaban J connectivity index is 2.17. The van der Waals surface area contributed by atoms with E-state index in [1.807, 2.05) is 4.68 Å². The number of piperidine rings is 1. The maximum absolute atomic E-state index is 5.14. The minimum Gasteiger partial charge on any atom is -0.383 e. The van der Waals surface area contributed by atoms with Crippen LogP contribution in [0.25, 0.3) is 0 Å². The topological polar surface area (TPSA) is 56.1 Å². The Morgan fingerprint density at radius 2 is 2.20 bits per heavy atom. The van der Waals surface area contributed by atoms with E-state index in [4.69, 9.17) is 4.74 Å². The van der Waals surface area contributed by atoms with Crippen molar-refractivity contribution >= 4 is 0 Å². The molecule has 0 spiro atoms. The predicted octanol–water partition coefficient (Wildman–Crippen LogP) is 1.75. The maximum atomic E-state index is 5.14. The third-order valence-corrected chi connectivity index (χ3v) is 4.04. The fraction of sp³-hybridized carbons (Fsp3) is 0.929. The Hall–Kier alpha value is -1.01. The Kier molecular flexibility index (Phi) is 5.48. The summed E-state index contributed by atoms with van der Waals surface area (Å²) in [6.45, 7) is 10.5. The van der Waals surface area contributed by atoms with Crippen LogP contribution in [0.1, 0.15) is 45.5 Å². The molecule has 0 aliphatic carbocycles. The zero-order valence-electron chi connectivity index (χ0n) is 13.1. The van der Waals surface area contributed by atoms with E-state index in [1.54, 1.807) is 7.11 Å². The van der Waals surface area contributed by atoms with Crippen molar-refractivity contribution in [3.63, 3.8) is 0 Å². The highest BCUT2D eigenvalue weighted by atomic mass is 16.5. The molecule has 1 fully saturated rings. The van der Waals surface area contributed by atoms with Crippen LogP contribution in [0.4, 0.5) is 0 Å². The molecule has 20 heavy (non-hydrogen) atoms. The Morgan fingerprint density at radius 1 is 1.40 bits per heavy atom. The van der Waals surface area contributed by atoms with Crippen molar-refractivity contribution < 1.29 is 4.74 Å². The molecule has 1 saturated heterocycles. The van der Waals surface area contributed by atoms with E-state index in [9.17, 15) is 0 Å². The molecule has 0 unspecified atom stereocenters. The number of methoxy groups -OCH3 is 1. The zero-order chi connectivity index (χ0) is 14.5. The van der Waals surface area contributed by atoms with E-state index in [0.717, 1.165) is 24.8 Å². The van der Waals surface area contributed by atoms with Crippen molar-refractivity contribution in [1.82, 2.24) is 25.1 Å². The molecule has 1 aromatic rings. The summed E-state index contributed by atoms with van der Waals surface area (Å²) in [5.41, 5.74) is 0. The first kappa shape index (κ1) is 15.4. The van der Waals surface area contributed by atoms with Gasteiger partial charge in [0.15, 0.2) is 5.82 Å². The van der Waals surface area contributed by atoms with Crippen molar-refractivity contribution in [3.8, 4) is 0 Å². The molecule has 1 aromatic heterocycles. The maximum Gasteiger partial charge on any atom is 0.168 e. The van der Waals surface area contributed by atoms with Crippen LogP contribution >= 0.6 is 0 Å². The van der Waals surface area contributed by atoms with Gasteiger partial charge in [0.05, 0.1) is 19.2 Å². The minimum absolute atomic E-state index is 0.296. The molecule has 0 N–H and O–H groups in total. The quantitative estimate of drug-likeness (QED) is 0.795. The second-order valence-electron chi connectivity index (χ2n) is 6.18. The van der Waals surface area contributed by atoms with E-state index in [1.165, 1.54) is 12.8 Å². The number of likely N-dealkylation sites (tertiary alicyclic amines) is 1. The lowest BCUT2D eigenvalue weighted by atomic mass is 9.94. The average Bonchev–Trinajstić information content (AvgIpc) is 2.84. The Morgan fingerprint density at radius 3 is 2.85 bits per heavy atom. The van der Waals surface area contributed by atoms with Gasteiger partial charge in [0, 0.05) is 13.7 Å². The van der Waals surface area contributed by atoms with Gasteiger partial charge in [-0.15, -0.1) is 5.10 Å². The molecule has 2 heterocycles. The Labute approximate surface area is 121 Å². The molecule has 2 atom stereocenters. The largest absolute Gasteiger partial charge is 0.383 e. The molecule has 1 aliphatic heterocycles. The van der Waals surface area contributed by atoms with Crippen molar-refractivity contribution in [2.45, 2.75) is 46.2 Å². The lowest BCUT2D eigenvalue weighted by Crippen LogP contribution is -2.40. The molecule has 0 radical (unpaired) electrons. The highest BCUT2D eigenvalue weighted by Gasteiger charge is 2.31.